The summed E-state index contributed by atoms with van der Waals surface area (Å²) >= 11 is 6.27. The van der Waals surface area contributed by atoms with Gasteiger partial charge in [0.1, 0.15) is 5.69 Å². The van der Waals surface area contributed by atoms with Crippen LogP contribution in [0.5, 0.6) is 0 Å². The summed E-state index contributed by atoms with van der Waals surface area (Å²) in [6.07, 6.45) is 1.92. The molecule has 28 heavy (non-hydrogen) atoms. The molecule has 1 heterocycles. The van der Waals surface area contributed by atoms with Crippen molar-refractivity contribution < 1.29 is 9.41 Å². The lowest BCUT2D eigenvalue weighted by Crippen LogP contribution is -2.36. The molecular formula is C19H34ClN6O2+. The highest BCUT2D eigenvalue weighted by molar-refractivity contribution is 6.33. The number of nitrogens with zero attached hydrogens (tertiary/aromatic N) is 4. The van der Waals surface area contributed by atoms with Gasteiger partial charge in [-0.1, -0.05) is 11.6 Å². The molecular weight excluding hydrogens is 380 g/mol. The van der Waals surface area contributed by atoms with E-state index in [0.29, 0.717) is 17.3 Å². The lowest BCUT2D eigenvalue weighted by atomic mass is 10.2. The number of likely N-dealkylation sites (N-methyl/N-ethyl adjacent to an activating group) is 1. The van der Waals surface area contributed by atoms with Gasteiger partial charge in [0.2, 0.25) is 0 Å². The van der Waals surface area contributed by atoms with Gasteiger partial charge in [0, 0.05) is 45.2 Å². The standard InChI is InChI=1S/C19H34ClN6O2/c1-23-10-11-24(15-23)9-5-7-22-18-14-17(16(20)13-19(18)25(27)28)21-8-6-12-26(2,3)4/h13-14,21-22H,5-12,15H2,1-4H3/q+1. The predicted octanol–water partition coefficient (Wildman–Crippen LogP) is 2.76. The number of hydrogen-bond donors (Lipinski definition) is 2. The Kier molecular flexibility index (Phi) is 8.30. The van der Waals surface area contributed by atoms with E-state index in [1.807, 2.05) is 0 Å². The first-order valence-corrected chi connectivity index (χ1v) is 10.2. The average Bonchev–Trinajstić information content (AvgIpc) is 3.01. The Labute approximate surface area is 173 Å². The highest BCUT2D eigenvalue weighted by Gasteiger charge is 2.19. The number of nitro benzene ring substituents is 1. The minimum Gasteiger partial charge on any atom is -0.384 e. The van der Waals surface area contributed by atoms with Crippen LogP contribution in [0.15, 0.2) is 12.1 Å². The third-order valence-corrected chi connectivity index (χ3v) is 5.12. The molecule has 1 aliphatic rings. The Morgan fingerprint density at radius 3 is 2.43 bits per heavy atom. The van der Waals surface area contributed by atoms with Crippen LogP contribution in [0, 0.1) is 10.1 Å². The van der Waals surface area contributed by atoms with E-state index in [0.717, 1.165) is 62.4 Å². The van der Waals surface area contributed by atoms with Crippen LogP contribution in [-0.4, -0.2) is 93.3 Å². The van der Waals surface area contributed by atoms with Crippen molar-refractivity contribution in [1.82, 2.24) is 9.80 Å². The molecule has 2 N–H and O–H groups in total. The van der Waals surface area contributed by atoms with Crippen LogP contribution in [0.25, 0.3) is 0 Å². The summed E-state index contributed by atoms with van der Waals surface area (Å²) < 4.78 is 0.898. The van der Waals surface area contributed by atoms with Gasteiger partial charge in [-0.3, -0.25) is 19.9 Å². The van der Waals surface area contributed by atoms with Gasteiger partial charge in [-0.2, -0.15) is 0 Å². The Morgan fingerprint density at radius 2 is 1.82 bits per heavy atom. The lowest BCUT2D eigenvalue weighted by Gasteiger charge is -2.24. The summed E-state index contributed by atoms with van der Waals surface area (Å²) in [6, 6.07) is 3.19. The summed E-state index contributed by atoms with van der Waals surface area (Å²) in [7, 11) is 8.58. The van der Waals surface area contributed by atoms with Gasteiger partial charge >= 0.3 is 0 Å². The molecule has 0 spiro atoms. The number of benzene rings is 1. The van der Waals surface area contributed by atoms with E-state index < -0.39 is 0 Å². The molecule has 0 bridgehead atoms. The van der Waals surface area contributed by atoms with Crippen LogP contribution in [0.4, 0.5) is 17.1 Å². The van der Waals surface area contributed by atoms with Gasteiger partial charge in [0.25, 0.3) is 5.69 Å². The monoisotopic (exact) mass is 413 g/mol. The van der Waals surface area contributed by atoms with Crippen LogP contribution >= 0.6 is 11.6 Å². The van der Waals surface area contributed by atoms with E-state index in [4.69, 9.17) is 11.6 Å². The lowest BCUT2D eigenvalue weighted by molar-refractivity contribution is -0.870. The number of quaternary nitrogens is 1. The molecule has 1 aromatic carbocycles. The van der Waals surface area contributed by atoms with Crippen molar-refractivity contribution in [3.63, 3.8) is 0 Å². The van der Waals surface area contributed by atoms with E-state index in [9.17, 15) is 10.1 Å². The molecule has 1 aliphatic heterocycles. The van der Waals surface area contributed by atoms with Gasteiger partial charge in [-0.05, 0) is 19.5 Å². The fraction of sp³-hybridized carbons (Fsp3) is 0.684. The molecule has 1 saturated heterocycles. The highest BCUT2D eigenvalue weighted by atomic mass is 35.5. The summed E-state index contributed by atoms with van der Waals surface area (Å²) in [6.45, 7) is 6.64. The molecule has 0 radical (unpaired) electrons. The minimum absolute atomic E-state index is 0.0165. The molecule has 2 rings (SSSR count). The molecule has 8 nitrogen and oxygen atoms in total. The van der Waals surface area contributed by atoms with E-state index in [1.54, 1.807) is 6.07 Å². The molecule has 0 unspecified atom stereocenters. The number of hydrogen-bond acceptors (Lipinski definition) is 6. The third kappa shape index (κ3) is 7.43. The van der Waals surface area contributed by atoms with E-state index in [1.165, 1.54) is 6.07 Å². The van der Waals surface area contributed by atoms with Crippen molar-refractivity contribution in [2.75, 3.05) is 84.8 Å². The summed E-state index contributed by atoms with van der Waals surface area (Å²) in [5.74, 6) is 0. The largest absolute Gasteiger partial charge is 0.384 e. The quantitative estimate of drug-likeness (QED) is 0.251. The van der Waals surface area contributed by atoms with Crippen molar-refractivity contribution in [3.05, 3.63) is 27.3 Å². The zero-order valence-electron chi connectivity index (χ0n) is 17.5. The number of rotatable bonds is 11. The topological polar surface area (TPSA) is 73.7 Å². The number of anilines is 2. The molecule has 1 aromatic rings. The van der Waals surface area contributed by atoms with Crippen molar-refractivity contribution in [2.24, 2.45) is 0 Å². The summed E-state index contributed by atoms with van der Waals surface area (Å²) in [5.41, 5.74) is 1.27. The first-order chi connectivity index (χ1) is 13.2. The first-order valence-electron chi connectivity index (χ1n) is 9.83. The Bertz CT molecular complexity index is 665. The number of halogens is 1. The molecule has 0 amide bonds. The smallest absolute Gasteiger partial charge is 0.293 e. The molecule has 1 fully saturated rings. The molecule has 0 atom stereocenters. The molecule has 9 heteroatoms. The fourth-order valence-electron chi connectivity index (χ4n) is 3.27. The van der Waals surface area contributed by atoms with E-state index in [2.05, 4.69) is 48.6 Å². The maximum Gasteiger partial charge on any atom is 0.293 e. The van der Waals surface area contributed by atoms with Crippen LogP contribution in [0.2, 0.25) is 5.02 Å². The third-order valence-electron chi connectivity index (χ3n) is 4.81. The fourth-order valence-corrected chi connectivity index (χ4v) is 3.50. The summed E-state index contributed by atoms with van der Waals surface area (Å²) in [5, 5.41) is 18.3. The zero-order chi connectivity index (χ0) is 20.7. The maximum absolute atomic E-state index is 11.4. The second kappa shape index (κ2) is 10.2. The Balaban J connectivity index is 1.91. The average molecular weight is 414 g/mol. The number of nitrogens with one attached hydrogen (secondary N) is 2. The Morgan fingerprint density at radius 1 is 1.14 bits per heavy atom. The van der Waals surface area contributed by atoms with Crippen molar-refractivity contribution >= 4 is 28.7 Å². The van der Waals surface area contributed by atoms with Crippen LogP contribution in [0.1, 0.15) is 12.8 Å². The van der Waals surface area contributed by atoms with Crippen molar-refractivity contribution in [1.29, 1.82) is 0 Å². The van der Waals surface area contributed by atoms with Gasteiger partial charge in [0.15, 0.2) is 0 Å². The zero-order valence-corrected chi connectivity index (χ0v) is 18.3. The van der Waals surface area contributed by atoms with Gasteiger partial charge in [0.05, 0.1) is 50.0 Å². The van der Waals surface area contributed by atoms with Crippen LogP contribution < -0.4 is 10.6 Å². The van der Waals surface area contributed by atoms with Gasteiger partial charge in [-0.25, -0.2) is 0 Å². The Hall–Kier alpha value is -1.61. The van der Waals surface area contributed by atoms with Crippen molar-refractivity contribution in [3.8, 4) is 0 Å². The van der Waals surface area contributed by atoms with Gasteiger partial charge in [-0.15, -0.1) is 0 Å². The van der Waals surface area contributed by atoms with E-state index >= 15 is 0 Å². The molecule has 0 aromatic heterocycles. The van der Waals surface area contributed by atoms with Crippen LogP contribution in [0.3, 0.4) is 0 Å². The molecule has 0 saturated carbocycles. The van der Waals surface area contributed by atoms with Crippen LogP contribution in [-0.2, 0) is 0 Å². The second-order valence-corrected chi connectivity index (χ2v) is 8.93. The van der Waals surface area contributed by atoms with Gasteiger partial charge < -0.3 is 15.1 Å². The molecule has 158 valence electrons. The number of nitro groups is 1. The predicted molar refractivity (Wildman–Crippen MR) is 116 cm³/mol. The normalized spacial score (nSPS) is 15.8. The first kappa shape index (κ1) is 22.7. The van der Waals surface area contributed by atoms with E-state index in [-0.39, 0.29) is 10.6 Å². The highest BCUT2D eigenvalue weighted by Crippen LogP contribution is 2.34. The summed E-state index contributed by atoms with van der Waals surface area (Å²) in [4.78, 5) is 15.7. The second-order valence-electron chi connectivity index (χ2n) is 8.52. The molecule has 0 aliphatic carbocycles. The van der Waals surface area contributed by atoms with Crippen molar-refractivity contribution in [2.45, 2.75) is 12.8 Å². The minimum atomic E-state index is -0.384. The SMILES string of the molecule is CN1CCN(CCCNc2cc(NCCC[N+](C)(C)C)c(Cl)cc2[N+](=O)[O-])C1. The maximum atomic E-state index is 11.4.